The summed E-state index contributed by atoms with van der Waals surface area (Å²) < 4.78 is 0. The van der Waals surface area contributed by atoms with Crippen LogP contribution in [-0.4, -0.2) is 11.1 Å². The largest absolute Gasteiger partial charge is 0.478 e. The Bertz CT molecular complexity index is 680. The third kappa shape index (κ3) is 3.15. The molecule has 108 valence electrons. The standard InChI is InChI=1S/C19H20O2/c20-19(21)13-16-8-2-1-7-15(16)12-17-10-5-9-14-6-3-4-11-18(14)17/h3-6,9-11,13,15H,1-2,7-8,12H2,(H,20,21)/t15-/m0/s1. The lowest BCUT2D eigenvalue weighted by Gasteiger charge is -2.25. The molecule has 3 rings (SSSR count). The van der Waals surface area contributed by atoms with Crippen LogP contribution in [0, 0.1) is 5.92 Å². The van der Waals surface area contributed by atoms with Crippen molar-refractivity contribution in [1.29, 1.82) is 0 Å². The highest BCUT2D eigenvalue weighted by Gasteiger charge is 2.20. The van der Waals surface area contributed by atoms with E-state index in [-0.39, 0.29) is 0 Å². The molecular weight excluding hydrogens is 260 g/mol. The van der Waals surface area contributed by atoms with E-state index < -0.39 is 5.97 Å². The van der Waals surface area contributed by atoms with E-state index in [9.17, 15) is 4.79 Å². The van der Waals surface area contributed by atoms with Gasteiger partial charge >= 0.3 is 5.97 Å². The maximum absolute atomic E-state index is 11.0. The molecule has 1 aliphatic carbocycles. The zero-order valence-corrected chi connectivity index (χ0v) is 12.1. The van der Waals surface area contributed by atoms with Gasteiger partial charge < -0.3 is 5.11 Å². The van der Waals surface area contributed by atoms with E-state index in [1.54, 1.807) is 0 Å². The number of carboxylic acid groups (broad SMARTS) is 1. The number of hydrogen-bond acceptors (Lipinski definition) is 1. The van der Waals surface area contributed by atoms with E-state index in [0.29, 0.717) is 5.92 Å². The number of hydrogen-bond donors (Lipinski definition) is 1. The molecule has 1 atom stereocenters. The molecule has 2 aromatic carbocycles. The van der Waals surface area contributed by atoms with Crippen LogP contribution < -0.4 is 0 Å². The van der Waals surface area contributed by atoms with Crippen molar-refractivity contribution < 1.29 is 9.90 Å². The van der Waals surface area contributed by atoms with Gasteiger partial charge in [-0.3, -0.25) is 0 Å². The van der Waals surface area contributed by atoms with Gasteiger partial charge in [0, 0.05) is 6.08 Å². The summed E-state index contributed by atoms with van der Waals surface area (Å²) in [5.41, 5.74) is 2.44. The van der Waals surface area contributed by atoms with Gasteiger partial charge in [-0.25, -0.2) is 4.79 Å². The topological polar surface area (TPSA) is 37.3 Å². The van der Waals surface area contributed by atoms with Crippen molar-refractivity contribution in [3.63, 3.8) is 0 Å². The number of aliphatic carboxylic acids is 1. The van der Waals surface area contributed by atoms with Crippen molar-refractivity contribution >= 4 is 16.7 Å². The molecule has 0 bridgehead atoms. The highest BCUT2D eigenvalue weighted by atomic mass is 16.4. The van der Waals surface area contributed by atoms with E-state index in [2.05, 4.69) is 42.5 Å². The number of carbonyl (C=O) groups is 1. The summed E-state index contributed by atoms with van der Waals surface area (Å²) >= 11 is 0. The monoisotopic (exact) mass is 280 g/mol. The van der Waals surface area contributed by atoms with E-state index >= 15 is 0 Å². The summed E-state index contributed by atoms with van der Waals surface area (Å²) in [6.07, 6.45) is 6.73. The molecule has 1 fully saturated rings. The van der Waals surface area contributed by atoms with Crippen molar-refractivity contribution in [2.24, 2.45) is 5.92 Å². The van der Waals surface area contributed by atoms with E-state index in [0.717, 1.165) is 31.3 Å². The average molecular weight is 280 g/mol. The molecule has 2 heteroatoms. The summed E-state index contributed by atoms with van der Waals surface area (Å²) in [7, 11) is 0. The molecule has 0 heterocycles. The van der Waals surface area contributed by atoms with Gasteiger partial charge in [-0.05, 0) is 47.9 Å². The molecule has 0 aromatic heterocycles. The predicted molar refractivity (Wildman–Crippen MR) is 85.3 cm³/mol. The second kappa shape index (κ2) is 6.13. The van der Waals surface area contributed by atoms with Crippen LogP contribution in [0.15, 0.2) is 54.1 Å². The van der Waals surface area contributed by atoms with Crippen LogP contribution in [0.1, 0.15) is 31.2 Å². The van der Waals surface area contributed by atoms with Gasteiger partial charge in [0.1, 0.15) is 0 Å². The molecule has 0 amide bonds. The minimum Gasteiger partial charge on any atom is -0.478 e. The summed E-state index contributed by atoms with van der Waals surface area (Å²) in [6, 6.07) is 14.8. The summed E-state index contributed by atoms with van der Waals surface area (Å²) in [6.45, 7) is 0. The summed E-state index contributed by atoms with van der Waals surface area (Å²) in [5, 5.41) is 11.6. The zero-order chi connectivity index (χ0) is 14.7. The SMILES string of the molecule is O=C(O)C=C1CCCC[C@H]1Cc1cccc2ccccc12. The molecule has 0 radical (unpaired) electrons. The minimum absolute atomic E-state index is 0.376. The van der Waals surface area contributed by atoms with Crippen LogP contribution >= 0.6 is 0 Å². The molecule has 2 nitrogen and oxygen atoms in total. The van der Waals surface area contributed by atoms with Crippen LogP contribution in [0.4, 0.5) is 0 Å². The normalized spacial score (nSPS) is 20.8. The Morgan fingerprint density at radius 1 is 1.14 bits per heavy atom. The molecule has 1 saturated carbocycles. The second-order valence-corrected chi connectivity index (χ2v) is 5.84. The quantitative estimate of drug-likeness (QED) is 0.835. The molecule has 21 heavy (non-hydrogen) atoms. The molecule has 0 aliphatic heterocycles. The molecule has 0 spiro atoms. The second-order valence-electron chi connectivity index (χ2n) is 5.84. The van der Waals surface area contributed by atoms with Gasteiger partial charge in [-0.2, -0.15) is 0 Å². The highest BCUT2D eigenvalue weighted by molar-refractivity contribution is 5.85. The number of carboxylic acids is 1. The fraction of sp³-hybridized carbons (Fsp3) is 0.316. The number of fused-ring (bicyclic) bond motifs is 1. The number of rotatable bonds is 3. The summed E-state index contributed by atoms with van der Waals surface area (Å²) in [5.74, 6) is -0.435. The van der Waals surface area contributed by atoms with Gasteiger partial charge in [-0.1, -0.05) is 54.5 Å². The van der Waals surface area contributed by atoms with E-state index in [4.69, 9.17) is 5.11 Å². The van der Waals surface area contributed by atoms with Crippen LogP contribution in [0.5, 0.6) is 0 Å². The van der Waals surface area contributed by atoms with Crippen molar-refractivity contribution in [2.75, 3.05) is 0 Å². The van der Waals surface area contributed by atoms with E-state index in [1.165, 1.54) is 28.8 Å². The first-order chi connectivity index (χ1) is 10.2. The van der Waals surface area contributed by atoms with Crippen LogP contribution in [0.3, 0.4) is 0 Å². The van der Waals surface area contributed by atoms with Crippen molar-refractivity contribution in [3.8, 4) is 0 Å². The average Bonchev–Trinajstić information content (AvgIpc) is 2.49. The Morgan fingerprint density at radius 2 is 1.95 bits per heavy atom. The lowest BCUT2D eigenvalue weighted by molar-refractivity contribution is -0.131. The Labute approximate surface area is 125 Å². The third-order valence-electron chi connectivity index (χ3n) is 4.45. The molecule has 1 aliphatic rings. The van der Waals surface area contributed by atoms with Gasteiger partial charge in [0.05, 0.1) is 0 Å². The fourth-order valence-corrected chi connectivity index (χ4v) is 3.43. The molecule has 0 unspecified atom stereocenters. The molecule has 2 aromatic rings. The van der Waals surface area contributed by atoms with Gasteiger partial charge in [0.25, 0.3) is 0 Å². The first kappa shape index (κ1) is 13.9. The third-order valence-corrected chi connectivity index (χ3v) is 4.45. The minimum atomic E-state index is -0.810. The van der Waals surface area contributed by atoms with Crippen molar-refractivity contribution in [3.05, 3.63) is 59.7 Å². The maximum Gasteiger partial charge on any atom is 0.328 e. The Morgan fingerprint density at radius 3 is 2.81 bits per heavy atom. The first-order valence-corrected chi connectivity index (χ1v) is 7.64. The Hall–Kier alpha value is -2.09. The molecule has 0 saturated heterocycles. The zero-order valence-electron chi connectivity index (χ0n) is 12.1. The predicted octanol–water partition coefficient (Wildman–Crippen LogP) is 4.58. The van der Waals surface area contributed by atoms with Crippen molar-refractivity contribution in [1.82, 2.24) is 0 Å². The lowest BCUT2D eigenvalue weighted by atomic mass is 9.79. The Kier molecular flexibility index (Phi) is 4.05. The maximum atomic E-state index is 11.0. The lowest BCUT2D eigenvalue weighted by Crippen LogP contribution is -2.14. The van der Waals surface area contributed by atoms with E-state index in [1.807, 2.05) is 0 Å². The first-order valence-electron chi connectivity index (χ1n) is 7.64. The Balaban J connectivity index is 1.91. The van der Waals surface area contributed by atoms with Gasteiger partial charge in [0.2, 0.25) is 0 Å². The highest BCUT2D eigenvalue weighted by Crippen LogP contribution is 2.33. The van der Waals surface area contributed by atoms with Crippen LogP contribution in [-0.2, 0) is 11.2 Å². The number of benzene rings is 2. The molecule has 1 N–H and O–H groups in total. The smallest absolute Gasteiger partial charge is 0.328 e. The van der Waals surface area contributed by atoms with Crippen LogP contribution in [0.25, 0.3) is 10.8 Å². The fourth-order valence-electron chi connectivity index (χ4n) is 3.43. The van der Waals surface area contributed by atoms with Gasteiger partial charge in [-0.15, -0.1) is 0 Å². The number of allylic oxidation sites excluding steroid dienone is 1. The van der Waals surface area contributed by atoms with Gasteiger partial charge in [0.15, 0.2) is 0 Å². The van der Waals surface area contributed by atoms with Crippen LogP contribution in [0.2, 0.25) is 0 Å². The van der Waals surface area contributed by atoms with Crippen molar-refractivity contribution in [2.45, 2.75) is 32.1 Å². The summed E-state index contributed by atoms with van der Waals surface area (Å²) in [4.78, 5) is 11.0. The molecular formula is C19H20O2.